The molecule has 0 aliphatic heterocycles. The largest absolute Gasteiger partial charge is 0.272 e. The van der Waals surface area contributed by atoms with Gasteiger partial charge < -0.3 is 0 Å². The molecule has 0 atom stereocenters. The summed E-state index contributed by atoms with van der Waals surface area (Å²) in [6.07, 6.45) is 4.10. The first-order valence-corrected chi connectivity index (χ1v) is 13.2. The molecule has 0 spiro atoms. The molecule has 1 aliphatic carbocycles. The monoisotopic (exact) mass is 506 g/mol. The Hall–Kier alpha value is -3.30. The number of aromatic nitrogens is 2. The van der Waals surface area contributed by atoms with E-state index in [-0.39, 0.29) is 23.0 Å². The van der Waals surface area contributed by atoms with E-state index in [0.29, 0.717) is 21.8 Å². The molecule has 2 aromatic heterocycles. The first kappa shape index (κ1) is 23.4. The maximum Gasteiger partial charge on any atom is 0.267 e. The fourth-order valence-corrected chi connectivity index (χ4v) is 6.26. The molecule has 0 saturated carbocycles. The summed E-state index contributed by atoms with van der Waals surface area (Å²) in [6, 6.07) is 15.3. The summed E-state index contributed by atoms with van der Waals surface area (Å²) in [5.41, 5.74) is 5.58. The summed E-state index contributed by atoms with van der Waals surface area (Å²) in [5.74, 6) is -0.616. The topological polar surface area (TPSA) is 76.3 Å². The standard InChI is InChI=1S/C26H23FN4O2S2/c1-16(17-11-13-18(27)14-12-17)29-30-22(32)15-34-26-28-24-23(20-9-5-6-10-21(20)35-24)25(33)31(26)19-7-3-2-4-8-19/h2-4,7-8,11-14H,5-6,9-10,15H2,1H3,(H,30,32). The molecule has 1 amide bonds. The highest BCUT2D eigenvalue weighted by Crippen LogP contribution is 2.35. The van der Waals surface area contributed by atoms with E-state index < -0.39 is 0 Å². The summed E-state index contributed by atoms with van der Waals surface area (Å²) < 4.78 is 14.7. The molecule has 4 aromatic rings. The SMILES string of the molecule is CC(=NNC(=O)CSc1nc2sc3c(c2c(=O)n1-c1ccccc1)CCCC3)c1ccc(F)cc1. The van der Waals surface area contributed by atoms with Crippen LogP contribution in [0.5, 0.6) is 0 Å². The van der Waals surface area contributed by atoms with Crippen LogP contribution in [0.15, 0.2) is 69.6 Å². The number of nitrogens with zero attached hydrogens (tertiary/aromatic N) is 3. The van der Waals surface area contributed by atoms with E-state index in [4.69, 9.17) is 4.98 Å². The number of thioether (sulfide) groups is 1. The van der Waals surface area contributed by atoms with Gasteiger partial charge in [-0.3, -0.25) is 14.2 Å². The Morgan fingerprint density at radius 3 is 2.66 bits per heavy atom. The molecule has 1 N–H and O–H groups in total. The first-order valence-electron chi connectivity index (χ1n) is 11.4. The van der Waals surface area contributed by atoms with Crippen molar-refractivity contribution in [1.29, 1.82) is 0 Å². The van der Waals surface area contributed by atoms with Gasteiger partial charge in [0.25, 0.3) is 11.5 Å². The van der Waals surface area contributed by atoms with E-state index in [2.05, 4.69) is 10.5 Å². The van der Waals surface area contributed by atoms with E-state index in [9.17, 15) is 14.0 Å². The normalized spacial score (nSPS) is 13.6. The Kier molecular flexibility index (Phi) is 6.79. The number of para-hydroxylation sites is 1. The molecule has 178 valence electrons. The second-order valence-electron chi connectivity index (χ2n) is 8.29. The zero-order valence-electron chi connectivity index (χ0n) is 19.1. The van der Waals surface area contributed by atoms with Crippen LogP contribution in [0.3, 0.4) is 0 Å². The molecular weight excluding hydrogens is 483 g/mol. The average molecular weight is 507 g/mol. The molecule has 0 bridgehead atoms. The van der Waals surface area contributed by atoms with Gasteiger partial charge >= 0.3 is 0 Å². The first-order chi connectivity index (χ1) is 17.0. The van der Waals surface area contributed by atoms with Crippen molar-refractivity contribution in [3.8, 4) is 5.69 Å². The number of hydrazone groups is 1. The Bertz CT molecular complexity index is 1480. The van der Waals surface area contributed by atoms with Crippen LogP contribution in [-0.2, 0) is 17.6 Å². The zero-order chi connectivity index (χ0) is 24.4. The summed E-state index contributed by atoms with van der Waals surface area (Å²) in [4.78, 5) is 33.1. The predicted molar refractivity (Wildman–Crippen MR) is 139 cm³/mol. The van der Waals surface area contributed by atoms with Crippen molar-refractivity contribution in [2.75, 3.05) is 5.75 Å². The quantitative estimate of drug-likeness (QED) is 0.171. The molecule has 2 heterocycles. The van der Waals surface area contributed by atoms with E-state index in [0.717, 1.165) is 41.8 Å². The number of fused-ring (bicyclic) bond motifs is 3. The molecule has 0 saturated heterocycles. The minimum Gasteiger partial charge on any atom is -0.272 e. The number of thiophene rings is 1. The van der Waals surface area contributed by atoms with Gasteiger partial charge in [0.2, 0.25) is 0 Å². The smallest absolute Gasteiger partial charge is 0.267 e. The maximum atomic E-state index is 13.7. The van der Waals surface area contributed by atoms with Gasteiger partial charge in [0.05, 0.1) is 22.5 Å². The summed E-state index contributed by atoms with van der Waals surface area (Å²) in [5, 5.41) is 5.31. The molecule has 6 nitrogen and oxygen atoms in total. The van der Waals surface area contributed by atoms with Gasteiger partial charge in [-0.15, -0.1) is 11.3 Å². The lowest BCUT2D eigenvalue weighted by Gasteiger charge is -2.13. The lowest BCUT2D eigenvalue weighted by molar-refractivity contribution is -0.118. The van der Waals surface area contributed by atoms with Crippen LogP contribution in [-0.4, -0.2) is 26.9 Å². The van der Waals surface area contributed by atoms with Gasteiger partial charge in [-0.05, 0) is 68.0 Å². The maximum absolute atomic E-state index is 13.7. The highest BCUT2D eigenvalue weighted by atomic mass is 32.2. The molecule has 0 radical (unpaired) electrons. The van der Waals surface area contributed by atoms with Crippen molar-refractivity contribution in [2.24, 2.45) is 5.10 Å². The molecule has 35 heavy (non-hydrogen) atoms. The van der Waals surface area contributed by atoms with Crippen LogP contribution in [0.2, 0.25) is 0 Å². The Morgan fingerprint density at radius 1 is 1.14 bits per heavy atom. The van der Waals surface area contributed by atoms with E-state index in [1.807, 2.05) is 30.3 Å². The number of hydrogen-bond donors (Lipinski definition) is 1. The van der Waals surface area contributed by atoms with Crippen LogP contribution in [0.25, 0.3) is 15.9 Å². The van der Waals surface area contributed by atoms with Gasteiger partial charge in [0.15, 0.2) is 5.16 Å². The number of carbonyl (C=O) groups is 1. The van der Waals surface area contributed by atoms with Crippen molar-refractivity contribution in [3.63, 3.8) is 0 Å². The summed E-state index contributed by atoms with van der Waals surface area (Å²) in [6.45, 7) is 1.74. The van der Waals surface area contributed by atoms with E-state index in [1.165, 1.54) is 28.8 Å². The van der Waals surface area contributed by atoms with Gasteiger partial charge in [0, 0.05) is 4.88 Å². The highest BCUT2D eigenvalue weighted by molar-refractivity contribution is 7.99. The number of halogens is 1. The minimum absolute atomic E-state index is 0.0378. The average Bonchev–Trinajstić information content (AvgIpc) is 3.25. The third-order valence-electron chi connectivity index (χ3n) is 5.92. The van der Waals surface area contributed by atoms with Gasteiger partial charge in [-0.2, -0.15) is 5.10 Å². The number of aryl methyl sites for hydroxylation is 2. The van der Waals surface area contributed by atoms with Crippen molar-refractivity contribution in [1.82, 2.24) is 15.0 Å². The summed E-state index contributed by atoms with van der Waals surface area (Å²) >= 11 is 2.79. The third kappa shape index (κ3) is 4.92. The molecule has 0 fully saturated rings. The van der Waals surface area contributed by atoms with Gasteiger partial charge in [-0.1, -0.05) is 42.1 Å². The van der Waals surface area contributed by atoms with Gasteiger partial charge in [-0.25, -0.2) is 14.8 Å². The van der Waals surface area contributed by atoms with Crippen molar-refractivity contribution >= 4 is 44.9 Å². The van der Waals surface area contributed by atoms with Gasteiger partial charge in [0.1, 0.15) is 10.6 Å². The fourth-order valence-electron chi connectivity index (χ4n) is 4.15. The Labute approximate surface area is 209 Å². The lowest BCUT2D eigenvalue weighted by atomic mass is 9.97. The molecule has 1 aliphatic rings. The third-order valence-corrected chi connectivity index (χ3v) is 8.04. The number of amides is 1. The van der Waals surface area contributed by atoms with Crippen LogP contribution in [0, 0.1) is 5.82 Å². The number of rotatable bonds is 6. The number of hydrogen-bond acceptors (Lipinski definition) is 6. The van der Waals surface area contributed by atoms with Crippen LogP contribution < -0.4 is 11.0 Å². The molecular formula is C26H23FN4O2S2. The van der Waals surface area contributed by atoms with Crippen molar-refractivity contribution in [3.05, 3.63) is 86.8 Å². The van der Waals surface area contributed by atoms with Crippen molar-refractivity contribution in [2.45, 2.75) is 37.8 Å². The van der Waals surface area contributed by atoms with Crippen LogP contribution in [0.1, 0.15) is 35.8 Å². The Morgan fingerprint density at radius 2 is 1.89 bits per heavy atom. The molecule has 9 heteroatoms. The van der Waals surface area contributed by atoms with Crippen LogP contribution >= 0.6 is 23.1 Å². The Balaban J connectivity index is 1.42. The minimum atomic E-state index is -0.331. The van der Waals surface area contributed by atoms with E-state index in [1.54, 1.807) is 35.0 Å². The summed E-state index contributed by atoms with van der Waals surface area (Å²) in [7, 11) is 0. The molecule has 5 rings (SSSR count). The number of benzene rings is 2. The second kappa shape index (κ2) is 10.1. The van der Waals surface area contributed by atoms with Crippen LogP contribution in [0.4, 0.5) is 4.39 Å². The van der Waals surface area contributed by atoms with Crippen molar-refractivity contribution < 1.29 is 9.18 Å². The predicted octanol–water partition coefficient (Wildman–Crippen LogP) is 5.10. The second-order valence-corrected chi connectivity index (χ2v) is 10.3. The molecule has 0 unspecified atom stereocenters. The zero-order valence-corrected chi connectivity index (χ0v) is 20.7. The van der Waals surface area contributed by atoms with E-state index >= 15 is 0 Å². The molecule has 2 aromatic carbocycles. The number of carbonyl (C=O) groups excluding carboxylic acids is 1. The lowest BCUT2D eigenvalue weighted by Crippen LogP contribution is -2.24. The highest BCUT2D eigenvalue weighted by Gasteiger charge is 2.23. The fraction of sp³-hybridized carbons (Fsp3) is 0.231. The number of nitrogens with one attached hydrogen (secondary N) is 1.